The molecule has 1 amide bonds. The van der Waals surface area contributed by atoms with Gasteiger partial charge in [-0.1, -0.05) is 17.7 Å². The summed E-state index contributed by atoms with van der Waals surface area (Å²) in [5.41, 5.74) is 1.59. The van der Waals surface area contributed by atoms with Gasteiger partial charge in [-0.05, 0) is 67.1 Å². The maximum Gasteiger partial charge on any atom is 0.264 e. The number of nitrogens with one attached hydrogen (secondary N) is 1. The minimum absolute atomic E-state index is 0.0150. The lowest BCUT2D eigenvalue weighted by molar-refractivity contribution is 0.102. The normalized spacial score (nSPS) is 11.1. The molecule has 0 radical (unpaired) electrons. The molecule has 0 spiro atoms. The highest BCUT2D eigenvalue weighted by atomic mass is 35.5. The molecule has 9 heteroatoms. The third kappa shape index (κ3) is 4.81. The Hall–Kier alpha value is -3.10. The van der Waals surface area contributed by atoms with E-state index >= 15 is 0 Å². The first-order valence-electron chi connectivity index (χ1n) is 9.13. The van der Waals surface area contributed by atoms with Crippen molar-refractivity contribution in [2.24, 2.45) is 0 Å². The number of rotatable bonds is 6. The molecule has 0 aliphatic rings. The maximum absolute atomic E-state index is 13.2. The van der Waals surface area contributed by atoms with E-state index in [-0.39, 0.29) is 21.2 Å². The van der Waals surface area contributed by atoms with Gasteiger partial charge < -0.3 is 10.1 Å². The first-order chi connectivity index (χ1) is 14.6. The maximum atomic E-state index is 13.2. The number of amides is 1. The summed E-state index contributed by atoms with van der Waals surface area (Å²) in [7, 11) is -1.20. The van der Waals surface area contributed by atoms with Gasteiger partial charge in [0.1, 0.15) is 11.6 Å². The number of methoxy groups -OCH3 is 1. The van der Waals surface area contributed by atoms with E-state index in [1.54, 1.807) is 12.1 Å². The predicted octanol–water partition coefficient (Wildman–Crippen LogP) is 4.87. The number of aryl methyl sites for hydroxylation is 1. The molecule has 0 fully saturated rings. The van der Waals surface area contributed by atoms with Crippen molar-refractivity contribution >= 4 is 38.9 Å². The van der Waals surface area contributed by atoms with E-state index in [9.17, 15) is 17.6 Å². The van der Waals surface area contributed by atoms with Gasteiger partial charge in [-0.15, -0.1) is 0 Å². The molecule has 0 saturated heterocycles. The summed E-state index contributed by atoms with van der Waals surface area (Å²) >= 11 is 6.18. The van der Waals surface area contributed by atoms with E-state index in [2.05, 4.69) is 5.32 Å². The van der Waals surface area contributed by atoms with Gasteiger partial charge in [0.25, 0.3) is 15.9 Å². The minimum atomic E-state index is -4.02. The van der Waals surface area contributed by atoms with Crippen LogP contribution in [0.4, 0.5) is 15.8 Å². The van der Waals surface area contributed by atoms with Gasteiger partial charge in [-0.2, -0.15) is 0 Å². The Labute approximate surface area is 185 Å². The van der Waals surface area contributed by atoms with Crippen molar-refractivity contribution in [3.05, 3.63) is 82.6 Å². The van der Waals surface area contributed by atoms with Crippen molar-refractivity contribution in [3.8, 4) is 5.75 Å². The smallest absolute Gasteiger partial charge is 0.264 e. The highest BCUT2D eigenvalue weighted by Gasteiger charge is 2.24. The first-order valence-corrected chi connectivity index (χ1v) is 11.0. The van der Waals surface area contributed by atoms with Crippen molar-refractivity contribution < 1.29 is 22.3 Å². The third-order valence-electron chi connectivity index (χ3n) is 4.63. The summed E-state index contributed by atoms with van der Waals surface area (Å²) in [6.07, 6.45) is 0. The fraction of sp³-hybridized carbons (Fsp3) is 0.136. The molecule has 162 valence electrons. The lowest BCUT2D eigenvalue weighted by Crippen LogP contribution is -2.27. The zero-order chi connectivity index (χ0) is 22.8. The monoisotopic (exact) mass is 462 g/mol. The van der Waals surface area contributed by atoms with Crippen LogP contribution in [0.15, 0.2) is 65.6 Å². The molecule has 0 aromatic heterocycles. The molecule has 0 bridgehead atoms. The van der Waals surface area contributed by atoms with Crippen LogP contribution in [0.3, 0.4) is 0 Å². The Kier molecular flexibility index (Phi) is 6.52. The van der Waals surface area contributed by atoms with E-state index in [1.165, 1.54) is 44.5 Å². The number of benzene rings is 3. The summed E-state index contributed by atoms with van der Waals surface area (Å²) in [4.78, 5) is 12.7. The van der Waals surface area contributed by atoms with Crippen LogP contribution < -0.4 is 14.4 Å². The second-order valence-corrected chi connectivity index (χ2v) is 9.12. The van der Waals surface area contributed by atoms with Crippen LogP contribution in [0.1, 0.15) is 15.9 Å². The standard InChI is InChI=1S/C22H20ClFN2O4S/c1-14-4-11-21(30-3)20(12-14)25-22(27)18-13-17(9-10-19(18)23)31(28,29)26(2)16-7-5-15(24)6-8-16/h4-13H,1-3H3,(H,25,27). The quantitative estimate of drug-likeness (QED) is 0.566. The molecule has 0 saturated carbocycles. The van der Waals surface area contributed by atoms with E-state index in [4.69, 9.17) is 16.3 Å². The molecule has 3 rings (SSSR count). The molecule has 6 nitrogen and oxygen atoms in total. The van der Waals surface area contributed by atoms with E-state index in [0.717, 1.165) is 22.0 Å². The average molecular weight is 463 g/mol. The zero-order valence-electron chi connectivity index (χ0n) is 17.0. The van der Waals surface area contributed by atoms with Gasteiger partial charge in [-0.25, -0.2) is 12.8 Å². The largest absolute Gasteiger partial charge is 0.495 e. The highest BCUT2D eigenvalue weighted by Crippen LogP contribution is 2.29. The average Bonchev–Trinajstić information content (AvgIpc) is 2.74. The first kappa shape index (κ1) is 22.6. The van der Waals surface area contributed by atoms with Crippen LogP contribution in [0.2, 0.25) is 5.02 Å². The Morgan fingerprint density at radius 1 is 1.06 bits per heavy atom. The predicted molar refractivity (Wildman–Crippen MR) is 119 cm³/mol. The number of hydrogen-bond acceptors (Lipinski definition) is 4. The summed E-state index contributed by atoms with van der Waals surface area (Å²) in [5, 5.41) is 2.80. The molecule has 0 heterocycles. The van der Waals surface area contributed by atoms with Gasteiger partial charge >= 0.3 is 0 Å². The number of carbonyl (C=O) groups excluding carboxylic acids is 1. The molecule has 0 aliphatic heterocycles. The van der Waals surface area contributed by atoms with Crippen LogP contribution in [0, 0.1) is 12.7 Å². The minimum Gasteiger partial charge on any atom is -0.495 e. The number of nitrogens with zero attached hydrogens (tertiary/aromatic N) is 1. The van der Waals surface area contributed by atoms with Crippen molar-refractivity contribution in [1.82, 2.24) is 0 Å². The topological polar surface area (TPSA) is 75.7 Å². The molecule has 0 atom stereocenters. The van der Waals surface area contributed by atoms with Crippen molar-refractivity contribution in [2.45, 2.75) is 11.8 Å². The van der Waals surface area contributed by atoms with Crippen molar-refractivity contribution in [1.29, 1.82) is 0 Å². The van der Waals surface area contributed by atoms with Crippen LogP contribution in [-0.2, 0) is 10.0 Å². The fourth-order valence-electron chi connectivity index (χ4n) is 2.90. The lowest BCUT2D eigenvalue weighted by Gasteiger charge is -2.20. The second kappa shape index (κ2) is 8.95. The summed E-state index contributed by atoms with van der Waals surface area (Å²) in [6, 6.07) is 14.2. The highest BCUT2D eigenvalue weighted by molar-refractivity contribution is 7.92. The van der Waals surface area contributed by atoms with Gasteiger partial charge in [0, 0.05) is 7.05 Å². The number of halogens is 2. The van der Waals surface area contributed by atoms with Gasteiger partial charge in [-0.3, -0.25) is 9.10 Å². The number of anilines is 2. The second-order valence-electron chi connectivity index (χ2n) is 6.75. The molecule has 0 aliphatic carbocycles. The SMILES string of the molecule is COc1ccc(C)cc1NC(=O)c1cc(S(=O)(=O)N(C)c2ccc(F)cc2)ccc1Cl. The van der Waals surface area contributed by atoms with Gasteiger partial charge in [0.2, 0.25) is 0 Å². The fourth-order valence-corrected chi connectivity index (χ4v) is 4.32. The van der Waals surface area contributed by atoms with E-state index < -0.39 is 21.7 Å². The van der Waals surface area contributed by atoms with Crippen LogP contribution in [0.5, 0.6) is 5.75 Å². The summed E-state index contributed by atoms with van der Waals surface area (Å²) < 4.78 is 45.5. The molecular weight excluding hydrogens is 443 g/mol. The molecular formula is C22H20ClFN2O4S. The summed E-state index contributed by atoms with van der Waals surface area (Å²) in [5.74, 6) is -0.614. The van der Waals surface area contributed by atoms with Crippen LogP contribution in [-0.4, -0.2) is 28.5 Å². The number of carbonyl (C=O) groups is 1. The lowest BCUT2D eigenvalue weighted by atomic mass is 10.1. The third-order valence-corrected chi connectivity index (χ3v) is 6.75. The van der Waals surface area contributed by atoms with Crippen molar-refractivity contribution in [3.63, 3.8) is 0 Å². The van der Waals surface area contributed by atoms with Gasteiger partial charge in [0.15, 0.2) is 0 Å². The molecule has 1 N–H and O–H groups in total. The van der Waals surface area contributed by atoms with Crippen LogP contribution in [0.25, 0.3) is 0 Å². The van der Waals surface area contributed by atoms with Crippen molar-refractivity contribution in [2.75, 3.05) is 23.8 Å². The molecule has 3 aromatic rings. The molecule has 0 unspecified atom stereocenters. The Morgan fingerprint density at radius 3 is 2.39 bits per heavy atom. The molecule has 3 aromatic carbocycles. The number of sulfonamides is 1. The van der Waals surface area contributed by atoms with E-state index in [0.29, 0.717) is 11.4 Å². The Balaban J connectivity index is 1.95. The number of ether oxygens (including phenoxy) is 1. The van der Waals surface area contributed by atoms with Crippen LogP contribution >= 0.6 is 11.6 Å². The summed E-state index contributed by atoms with van der Waals surface area (Å²) in [6.45, 7) is 1.86. The Morgan fingerprint density at radius 2 is 1.74 bits per heavy atom. The number of hydrogen-bond donors (Lipinski definition) is 1. The van der Waals surface area contributed by atoms with E-state index in [1.807, 2.05) is 13.0 Å². The van der Waals surface area contributed by atoms with Gasteiger partial charge in [0.05, 0.1) is 34.0 Å². The zero-order valence-corrected chi connectivity index (χ0v) is 18.6. The molecule has 31 heavy (non-hydrogen) atoms. The Bertz CT molecular complexity index is 1230.